The molecule has 1 fully saturated rings. The molecule has 1 aliphatic carbocycles. The highest BCUT2D eigenvalue weighted by atomic mass is 127. The lowest BCUT2D eigenvalue weighted by Crippen LogP contribution is -2.52. The van der Waals surface area contributed by atoms with Gasteiger partial charge in [0, 0.05) is 26.2 Å². The van der Waals surface area contributed by atoms with Gasteiger partial charge in [0.15, 0.2) is 0 Å². The fraction of sp³-hybridized carbons (Fsp3) is 0.310. The zero-order valence-corrected chi connectivity index (χ0v) is 26.4. The van der Waals surface area contributed by atoms with Crippen LogP contribution in [0.15, 0.2) is 77.7 Å². The van der Waals surface area contributed by atoms with E-state index >= 15 is 0 Å². The van der Waals surface area contributed by atoms with Crippen LogP contribution < -0.4 is 9.62 Å². The van der Waals surface area contributed by atoms with Crippen molar-refractivity contribution in [3.63, 3.8) is 0 Å². The van der Waals surface area contributed by atoms with Crippen LogP contribution in [0.4, 0.5) is 5.69 Å². The van der Waals surface area contributed by atoms with Crippen molar-refractivity contribution in [1.29, 1.82) is 0 Å². The van der Waals surface area contributed by atoms with E-state index in [2.05, 4.69) is 27.9 Å². The monoisotopic (exact) mass is 713 g/mol. The summed E-state index contributed by atoms with van der Waals surface area (Å²) in [5, 5.41) is 3.84. The van der Waals surface area contributed by atoms with E-state index in [1.54, 1.807) is 67.6 Å². The molecule has 40 heavy (non-hydrogen) atoms. The molecule has 3 aromatic carbocycles. The van der Waals surface area contributed by atoms with Crippen molar-refractivity contribution in [3.05, 3.63) is 92.0 Å². The zero-order chi connectivity index (χ0) is 28.9. The number of carbonyl (C=O) groups excluding carboxylic acids is 2. The third-order valence-corrected chi connectivity index (χ3v) is 10.0. The van der Waals surface area contributed by atoms with Gasteiger partial charge in [0.1, 0.15) is 12.6 Å². The van der Waals surface area contributed by atoms with Crippen molar-refractivity contribution < 1.29 is 18.0 Å². The summed E-state index contributed by atoms with van der Waals surface area (Å²) >= 11 is 14.6. The summed E-state index contributed by atoms with van der Waals surface area (Å²) in [7, 11) is -4.11. The summed E-state index contributed by atoms with van der Waals surface area (Å²) < 4.78 is 29.6. The molecule has 7 nitrogen and oxygen atoms in total. The van der Waals surface area contributed by atoms with E-state index in [-0.39, 0.29) is 23.4 Å². The molecule has 2 amide bonds. The number of hydrogen-bond donors (Lipinski definition) is 1. The van der Waals surface area contributed by atoms with Crippen LogP contribution in [0, 0.1) is 3.57 Å². The Balaban J connectivity index is 1.69. The summed E-state index contributed by atoms with van der Waals surface area (Å²) in [5.41, 5.74) is 0.928. The second-order valence-corrected chi connectivity index (χ2v) is 13.7. The predicted molar refractivity (Wildman–Crippen MR) is 167 cm³/mol. The summed E-state index contributed by atoms with van der Waals surface area (Å²) in [6.45, 7) is 1.14. The molecule has 0 heterocycles. The Hall–Kier alpha value is -2.34. The average molecular weight is 714 g/mol. The number of hydrogen-bond acceptors (Lipinski definition) is 4. The van der Waals surface area contributed by atoms with Crippen molar-refractivity contribution in [2.45, 2.75) is 56.1 Å². The Labute approximate surface area is 259 Å². The fourth-order valence-electron chi connectivity index (χ4n) is 4.66. The highest BCUT2D eigenvalue weighted by Gasteiger charge is 2.33. The molecule has 1 unspecified atom stereocenters. The van der Waals surface area contributed by atoms with Gasteiger partial charge < -0.3 is 10.2 Å². The van der Waals surface area contributed by atoms with Crippen LogP contribution >= 0.6 is 45.8 Å². The van der Waals surface area contributed by atoms with Gasteiger partial charge in [0.05, 0.1) is 10.6 Å². The minimum atomic E-state index is -4.11. The number of amides is 2. The van der Waals surface area contributed by atoms with E-state index < -0.39 is 28.5 Å². The van der Waals surface area contributed by atoms with E-state index in [0.717, 1.165) is 33.6 Å². The Morgan fingerprint density at radius 1 is 1.00 bits per heavy atom. The van der Waals surface area contributed by atoms with E-state index in [1.165, 1.54) is 17.0 Å². The van der Waals surface area contributed by atoms with Crippen LogP contribution in [0.5, 0.6) is 0 Å². The molecule has 0 aromatic heterocycles. The first-order valence-electron chi connectivity index (χ1n) is 12.9. The smallest absolute Gasteiger partial charge is 0.264 e. The van der Waals surface area contributed by atoms with Crippen molar-refractivity contribution >= 4 is 73.3 Å². The highest BCUT2D eigenvalue weighted by molar-refractivity contribution is 14.1. The van der Waals surface area contributed by atoms with Gasteiger partial charge in [-0.1, -0.05) is 60.3 Å². The third kappa shape index (κ3) is 7.48. The van der Waals surface area contributed by atoms with Gasteiger partial charge in [0.2, 0.25) is 11.8 Å². The topological polar surface area (TPSA) is 86.8 Å². The minimum Gasteiger partial charge on any atom is -0.352 e. The summed E-state index contributed by atoms with van der Waals surface area (Å²) in [5.74, 6) is -0.838. The summed E-state index contributed by atoms with van der Waals surface area (Å²) in [6.07, 6.45) is 3.88. The SMILES string of the molecule is CC(C(=O)NC1CCCC1)N(Cc1ccc(Cl)cc1Cl)C(=O)CN(c1ccc(I)cc1)S(=O)(=O)c1ccccc1. The molecule has 1 saturated carbocycles. The molecule has 0 bridgehead atoms. The molecule has 212 valence electrons. The highest BCUT2D eigenvalue weighted by Crippen LogP contribution is 2.27. The number of halogens is 3. The molecule has 4 rings (SSSR count). The number of nitrogens with one attached hydrogen (secondary N) is 1. The number of nitrogens with zero attached hydrogens (tertiary/aromatic N) is 2. The Morgan fingerprint density at radius 2 is 1.65 bits per heavy atom. The fourth-order valence-corrected chi connectivity index (χ4v) is 6.93. The molecule has 0 saturated heterocycles. The first-order chi connectivity index (χ1) is 19.1. The lowest BCUT2D eigenvalue weighted by atomic mass is 10.1. The van der Waals surface area contributed by atoms with Gasteiger partial charge in [0.25, 0.3) is 10.0 Å². The van der Waals surface area contributed by atoms with E-state index in [4.69, 9.17) is 23.2 Å². The number of rotatable bonds is 10. The molecule has 0 aliphatic heterocycles. The molecule has 11 heteroatoms. The van der Waals surface area contributed by atoms with Gasteiger partial charge in [-0.15, -0.1) is 0 Å². The largest absolute Gasteiger partial charge is 0.352 e. The zero-order valence-electron chi connectivity index (χ0n) is 21.9. The second kappa shape index (κ2) is 13.5. The van der Waals surface area contributed by atoms with Crippen LogP contribution in [-0.2, 0) is 26.2 Å². The van der Waals surface area contributed by atoms with Gasteiger partial charge >= 0.3 is 0 Å². The van der Waals surface area contributed by atoms with Crippen LogP contribution in [0.2, 0.25) is 10.0 Å². The van der Waals surface area contributed by atoms with Crippen LogP contribution in [-0.4, -0.2) is 43.8 Å². The number of anilines is 1. The summed E-state index contributed by atoms with van der Waals surface area (Å²) in [6, 6.07) is 18.9. The van der Waals surface area contributed by atoms with Crippen LogP contribution in [0.3, 0.4) is 0 Å². The van der Waals surface area contributed by atoms with E-state index in [1.807, 2.05) is 0 Å². The molecule has 1 aliphatic rings. The number of sulfonamides is 1. The lowest BCUT2D eigenvalue weighted by molar-refractivity contribution is -0.139. The van der Waals surface area contributed by atoms with E-state index in [9.17, 15) is 18.0 Å². The standard InChI is InChI=1S/C29H30Cl2IN3O4S/c1-20(29(37)33-24-7-5-6-8-24)34(18-21-11-12-22(30)17-27(21)31)28(36)19-35(25-15-13-23(32)14-16-25)40(38,39)26-9-3-2-4-10-26/h2-4,9-17,20,24H,5-8,18-19H2,1H3,(H,33,37). The Kier molecular flexibility index (Phi) is 10.4. The maximum absolute atomic E-state index is 14.0. The summed E-state index contributed by atoms with van der Waals surface area (Å²) in [4.78, 5) is 28.7. The number of carbonyl (C=O) groups is 2. The van der Waals surface area contributed by atoms with Gasteiger partial charge in [-0.05, 0) is 96.5 Å². The maximum Gasteiger partial charge on any atom is 0.264 e. The maximum atomic E-state index is 14.0. The quantitative estimate of drug-likeness (QED) is 0.251. The molecular formula is C29H30Cl2IN3O4S. The third-order valence-electron chi connectivity index (χ3n) is 6.95. The molecule has 0 radical (unpaired) electrons. The second-order valence-electron chi connectivity index (χ2n) is 9.72. The molecule has 0 spiro atoms. The average Bonchev–Trinajstić information content (AvgIpc) is 3.45. The van der Waals surface area contributed by atoms with Crippen molar-refractivity contribution in [3.8, 4) is 0 Å². The van der Waals surface area contributed by atoms with Crippen molar-refractivity contribution in [1.82, 2.24) is 10.2 Å². The van der Waals surface area contributed by atoms with Gasteiger partial charge in [-0.25, -0.2) is 8.42 Å². The Bertz CT molecular complexity index is 1450. The Morgan fingerprint density at radius 3 is 2.27 bits per heavy atom. The molecule has 3 aromatic rings. The normalized spacial score (nSPS) is 14.5. The molecule has 1 N–H and O–H groups in total. The number of benzene rings is 3. The van der Waals surface area contributed by atoms with Gasteiger partial charge in [-0.3, -0.25) is 13.9 Å². The minimum absolute atomic E-state index is 0.00000171. The van der Waals surface area contributed by atoms with Gasteiger partial charge in [-0.2, -0.15) is 0 Å². The predicted octanol–water partition coefficient (Wildman–Crippen LogP) is 6.27. The van der Waals surface area contributed by atoms with Crippen molar-refractivity contribution in [2.24, 2.45) is 0 Å². The van der Waals surface area contributed by atoms with Crippen LogP contribution in [0.25, 0.3) is 0 Å². The van der Waals surface area contributed by atoms with E-state index in [0.29, 0.717) is 21.3 Å². The van der Waals surface area contributed by atoms with Crippen LogP contribution in [0.1, 0.15) is 38.2 Å². The first kappa shape index (κ1) is 30.6. The molecule has 1 atom stereocenters. The molecular weight excluding hydrogens is 684 g/mol. The first-order valence-corrected chi connectivity index (χ1v) is 16.2. The van der Waals surface area contributed by atoms with Crippen molar-refractivity contribution in [2.75, 3.05) is 10.8 Å². The lowest BCUT2D eigenvalue weighted by Gasteiger charge is -2.32.